The summed E-state index contributed by atoms with van der Waals surface area (Å²) in [4.78, 5) is 0. The van der Waals surface area contributed by atoms with Crippen molar-refractivity contribution in [3.05, 3.63) is 68.1 Å². The van der Waals surface area contributed by atoms with Gasteiger partial charge in [0.1, 0.15) is 0 Å². The molecule has 1 aliphatic rings. The predicted octanol–water partition coefficient (Wildman–Crippen LogP) is 5.20. The van der Waals surface area contributed by atoms with Crippen LogP contribution in [0.25, 0.3) is 0 Å². The Balaban J connectivity index is 1.80. The minimum absolute atomic E-state index is 0.375. The topological polar surface area (TPSA) is 12.0 Å². The van der Waals surface area contributed by atoms with E-state index >= 15 is 0 Å². The van der Waals surface area contributed by atoms with Crippen molar-refractivity contribution < 1.29 is 0 Å². The quantitative estimate of drug-likeness (QED) is 0.751. The second-order valence-corrected chi connectivity index (χ2v) is 7.11. The van der Waals surface area contributed by atoms with Crippen molar-refractivity contribution in [1.29, 1.82) is 0 Å². The first kappa shape index (κ1) is 14.3. The van der Waals surface area contributed by atoms with Gasteiger partial charge in [-0.25, -0.2) is 0 Å². The summed E-state index contributed by atoms with van der Waals surface area (Å²) < 4.78 is 2.30. The zero-order chi connectivity index (χ0) is 14.1. The van der Waals surface area contributed by atoms with Crippen LogP contribution in [0, 0.1) is 0 Å². The molecule has 0 heterocycles. The Kier molecular flexibility index (Phi) is 4.29. The molecule has 2 atom stereocenters. The molecular formula is C17H17Br2N. The van der Waals surface area contributed by atoms with E-state index in [-0.39, 0.29) is 0 Å². The Bertz CT molecular complexity index is 624. The van der Waals surface area contributed by atoms with Gasteiger partial charge in [-0.1, -0.05) is 56.1 Å². The van der Waals surface area contributed by atoms with E-state index in [0.29, 0.717) is 12.0 Å². The zero-order valence-electron chi connectivity index (χ0n) is 11.4. The molecule has 2 unspecified atom stereocenters. The van der Waals surface area contributed by atoms with Crippen LogP contribution in [0.4, 0.5) is 0 Å². The highest BCUT2D eigenvalue weighted by atomic mass is 79.9. The van der Waals surface area contributed by atoms with Crippen molar-refractivity contribution in [1.82, 2.24) is 5.32 Å². The number of benzene rings is 2. The van der Waals surface area contributed by atoms with Gasteiger partial charge in [0.05, 0.1) is 0 Å². The third kappa shape index (κ3) is 2.72. The standard InChI is InChI=1S/C17H17Br2N/c1-20-17(15-10-13(18)6-7-16(15)19)9-12-8-11-4-2-3-5-14(11)12/h2-7,10,12,17,20H,8-9H2,1H3. The maximum absolute atomic E-state index is 3.67. The number of hydrogen-bond acceptors (Lipinski definition) is 1. The van der Waals surface area contributed by atoms with Crippen molar-refractivity contribution in [2.45, 2.75) is 24.8 Å². The van der Waals surface area contributed by atoms with E-state index in [1.165, 1.54) is 27.6 Å². The van der Waals surface area contributed by atoms with E-state index < -0.39 is 0 Å². The van der Waals surface area contributed by atoms with Crippen molar-refractivity contribution >= 4 is 31.9 Å². The molecule has 20 heavy (non-hydrogen) atoms. The molecule has 2 aromatic rings. The summed E-state index contributed by atoms with van der Waals surface area (Å²) in [5, 5.41) is 3.47. The third-order valence-corrected chi connectivity index (χ3v) is 5.38. The predicted molar refractivity (Wildman–Crippen MR) is 91.1 cm³/mol. The lowest BCUT2D eigenvalue weighted by atomic mass is 9.74. The molecule has 104 valence electrons. The van der Waals surface area contributed by atoms with Gasteiger partial charge in [-0.3, -0.25) is 0 Å². The fourth-order valence-electron chi connectivity index (χ4n) is 3.04. The fourth-order valence-corrected chi connectivity index (χ4v) is 3.94. The average Bonchev–Trinajstić information content (AvgIpc) is 2.43. The molecule has 0 aromatic heterocycles. The number of nitrogens with one attached hydrogen (secondary N) is 1. The molecular weight excluding hydrogens is 378 g/mol. The van der Waals surface area contributed by atoms with Crippen LogP contribution in [0.2, 0.25) is 0 Å². The summed E-state index contributed by atoms with van der Waals surface area (Å²) >= 11 is 7.24. The summed E-state index contributed by atoms with van der Waals surface area (Å²) in [6.45, 7) is 0. The van der Waals surface area contributed by atoms with Gasteiger partial charge >= 0.3 is 0 Å². The number of fused-ring (bicyclic) bond motifs is 1. The molecule has 0 amide bonds. The van der Waals surface area contributed by atoms with Crippen LogP contribution in [-0.2, 0) is 6.42 Å². The maximum atomic E-state index is 3.67. The maximum Gasteiger partial charge on any atom is 0.0335 e. The van der Waals surface area contributed by atoms with Gasteiger partial charge in [0, 0.05) is 15.0 Å². The molecule has 0 bridgehead atoms. The van der Waals surface area contributed by atoms with E-state index in [1.54, 1.807) is 0 Å². The summed E-state index contributed by atoms with van der Waals surface area (Å²) in [6.07, 6.45) is 2.35. The normalized spacial score (nSPS) is 18.2. The van der Waals surface area contributed by atoms with E-state index in [2.05, 4.69) is 79.6 Å². The second-order valence-electron chi connectivity index (χ2n) is 5.34. The molecule has 2 aromatic carbocycles. The van der Waals surface area contributed by atoms with Crippen LogP contribution < -0.4 is 5.32 Å². The van der Waals surface area contributed by atoms with Crippen LogP contribution in [0.15, 0.2) is 51.4 Å². The molecule has 1 nitrogen and oxygen atoms in total. The van der Waals surface area contributed by atoms with E-state index in [4.69, 9.17) is 0 Å². The third-order valence-electron chi connectivity index (χ3n) is 4.16. The van der Waals surface area contributed by atoms with Crippen LogP contribution >= 0.6 is 31.9 Å². The molecule has 0 radical (unpaired) electrons. The van der Waals surface area contributed by atoms with Crippen LogP contribution in [-0.4, -0.2) is 7.05 Å². The molecule has 3 rings (SSSR count). The van der Waals surface area contributed by atoms with Gasteiger partial charge in [0.2, 0.25) is 0 Å². The zero-order valence-corrected chi connectivity index (χ0v) is 14.5. The minimum atomic E-state index is 0.375. The molecule has 0 saturated heterocycles. The Morgan fingerprint density at radius 2 is 2.00 bits per heavy atom. The highest BCUT2D eigenvalue weighted by Gasteiger charge is 2.28. The van der Waals surface area contributed by atoms with Gasteiger partial charge in [-0.2, -0.15) is 0 Å². The van der Waals surface area contributed by atoms with Gasteiger partial charge in [-0.05, 0) is 60.7 Å². The summed E-state index contributed by atoms with van der Waals surface area (Å²) in [5.41, 5.74) is 4.37. The Labute approximate surface area is 137 Å². The first-order valence-corrected chi connectivity index (χ1v) is 8.47. The number of rotatable bonds is 4. The Morgan fingerprint density at radius 3 is 2.75 bits per heavy atom. The van der Waals surface area contributed by atoms with Crippen molar-refractivity contribution in [3.8, 4) is 0 Å². The van der Waals surface area contributed by atoms with E-state index in [9.17, 15) is 0 Å². The van der Waals surface area contributed by atoms with Crippen LogP contribution in [0.3, 0.4) is 0 Å². The molecule has 0 spiro atoms. The minimum Gasteiger partial charge on any atom is -0.313 e. The summed E-state index contributed by atoms with van der Waals surface area (Å²) in [6, 6.07) is 15.6. The van der Waals surface area contributed by atoms with Crippen LogP contribution in [0.5, 0.6) is 0 Å². The van der Waals surface area contributed by atoms with Gasteiger partial charge in [0.25, 0.3) is 0 Å². The lowest BCUT2D eigenvalue weighted by molar-refractivity contribution is 0.451. The summed E-state index contributed by atoms with van der Waals surface area (Å²) in [5.74, 6) is 0.675. The average molecular weight is 395 g/mol. The Morgan fingerprint density at radius 1 is 1.20 bits per heavy atom. The van der Waals surface area contributed by atoms with E-state index in [0.717, 1.165) is 10.9 Å². The SMILES string of the molecule is CNC(CC1Cc2ccccc21)c1cc(Br)ccc1Br. The number of hydrogen-bond donors (Lipinski definition) is 1. The lowest BCUT2D eigenvalue weighted by Gasteiger charge is -2.33. The summed E-state index contributed by atoms with van der Waals surface area (Å²) in [7, 11) is 2.04. The van der Waals surface area contributed by atoms with E-state index in [1.807, 2.05) is 7.05 Å². The molecule has 1 aliphatic carbocycles. The van der Waals surface area contributed by atoms with Gasteiger partial charge in [-0.15, -0.1) is 0 Å². The first-order chi connectivity index (χ1) is 9.69. The Hall–Kier alpha value is -0.640. The van der Waals surface area contributed by atoms with Crippen molar-refractivity contribution in [2.75, 3.05) is 7.05 Å². The largest absolute Gasteiger partial charge is 0.313 e. The van der Waals surface area contributed by atoms with Gasteiger partial charge in [0.15, 0.2) is 0 Å². The lowest BCUT2D eigenvalue weighted by Crippen LogP contribution is -2.25. The smallest absolute Gasteiger partial charge is 0.0335 e. The first-order valence-electron chi connectivity index (χ1n) is 6.89. The molecule has 3 heteroatoms. The van der Waals surface area contributed by atoms with Crippen LogP contribution in [0.1, 0.15) is 35.1 Å². The van der Waals surface area contributed by atoms with Crippen molar-refractivity contribution in [2.24, 2.45) is 0 Å². The highest BCUT2D eigenvalue weighted by molar-refractivity contribution is 9.11. The molecule has 0 aliphatic heterocycles. The molecule has 1 N–H and O–H groups in total. The molecule has 0 fully saturated rings. The second kappa shape index (κ2) is 6.00. The van der Waals surface area contributed by atoms with Gasteiger partial charge < -0.3 is 5.32 Å². The highest BCUT2D eigenvalue weighted by Crippen LogP contribution is 2.41. The number of halogens is 2. The van der Waals surface area contributed by atoms with Crippen molar-refractivity contribution in [3.63, 3.8) is 0 Å². The monoisotopic (exact) mass is 393 g/mol. The fraction of sp³-hybridized carbons (Fsp3) is 0.294. The molecule has 0 saturated carbocycles.